The highest BCUT2D eigenvalue weighted by Crippen LogP contribution is 2.23. The molecule has 0 bridgehead atoms. The fourth-order valence-corrected chi connectivity index (χ4v) is 4.00. The molecule has 2 saturated heterocycles. The van der Waals surface area contributed by atoms with E-state index in [2.05, 4.69) is 10.2 Å². The van der Waals surface area contributed by atoms with E-state index < -0.39 is 4.92 Å². The second-order valence-electron chi connectivity index (χ2n) is 7.75. The van der Waals surface area contributed by atoms with Crippen LogP contribution in [-0.4, -0.2) is 59.4 Å². The third-order valence-electron chi connectivity index (χ3n) is 5.78. The molecule has 162 valence electrons. The molecule has 0 spiro atoms. The first kappa shape index (κ1) is 20.6. The maximum Gasteiger partial charge on any atom is 0.321 e. The molecule has 0 radical (unpaired) electrons. The van der Waals surface area contributed by atoms with Gasteiger partial charge in [0.2, 0.25) is 5.91 Å². The number of nitro groups is 1. The molecule has 9 heteroatoms. The highest BCUT2D eigenvalue weighted by atomic mass is 16.6. The molecule has 2 heterocycles. The summed E-state index contributed by atoms with van der Waals surface area (Å²) in [6.45, 7) is 3.66. The molecule has 1 N–H and O–H groups in total. The van der Waals surface area contributed by atoms with Gasteiger partial charge in [-0.15, -0.1) is 0 Å². The predicted octanol–water partition coefficient (Wildman–Crippen LogP) is 3.07. The van der Waals surface area contributed by atoms with Crippen LogP contribution in [0, 0.1) is 10.1 Å². The quantitative estimate of drug-likeness (QED) is 0.589. The van der Waals surface area contributed by atoms with Gasteiger partial charge in [-0.3, -0.25) is 14.9 Å². The largest absolute Gasteiger partial charge is 0.368 e. The molecule has 9 nitrogen and oxygen atoms in total. The summed E-state index contributed by atoms with van der Waals surface area (Å²) < 4.78 is 0. The Labute approximate surface area is 180 Å². The van der Waals surface area contributed by atoms with Crippen LogP contribution in [0.4, 0.5) is 21.9 Å². The maximum atomic E-state index is 12.8. The van der Waals surface area contributed by atoms with Crippen molar-refractivity contribution in [2.45, 2.75) is 19.4 Å². The molecule has 2 fully saturated rings. The van der Waals surface area contributed by atoms with E-state index in [1.165, 1.54) is 12.1 Å². The number of benzene rings is 2. The first-order chi connectivity index (χ1) is 15.0. The lowest BCUT2D eigenvalue weighted by Crippen LogP contribution is -2.50. The fraction of sp³-hybridized carbons (Fsp3) is 0.364. The van der Waals surface area contributed by atoms with E-state index >= 15 is 0 Å². The molecule has 0 aromatic heterocycles. The molecule has 0 atom stereocenters. The number of piperazine rings is 1. The van der Waals surface area contributed by atoms with E-state index in [1.54, 1.807) is 17.0 Å². The number of anilines is 2. The van der Waals surface area contributed by atoms with Crippen molar-refractivity contribution >= 4 is 29.0 Å². The number of urea groups is 1. The van der Waals surface area contributed by atoms with Crippen LogP contribution in [0.3, 0.4) is 0 Å². The Morgan fingerprint density at radius 1 is 1.00 bits per heavy atom. The van der Waals surface area contributed by atoms with Crippen LogP contribution in [-0.2, 0) is 11.3 Å². The summed E-state index contributed by atoms with van der Waals surface area (Å²) in [6.07, 6.45) is 1.47. The number of carbonyl (C=O) groups excluding carboxylic acids is 2. The molecule has 2 aliphatic rings. The smallest absolute Gasteiger partial charge is 0.321 e. The molecule has 2 aromatic rings. The normalized spacial score (nSPS) is 16.5. The number of hydrogen-bond donors (Lipinski definition) is 1. The monoisotopic (exact) mass is 423 g/mol. The summed E-state index contributed by atoms with van der Waals surface area (Å²) in [5.41, 5.74) is 2.63. The van der Waals surface area contributed by atoms with Crippen molar-refractivity contribution in [3.05, 3.63) is 64.2 Å². The van der Waals surface area contributed by atoms with Crippen LogP contribution in [0.1, 0.15) is 18.4 Å². The van der Waals surface area contributed by atoms with Crippen molar-refractivity contribution in [3.63, 3.8) is 0 Å². The summed E-state index contributed by atoms with van der Waals surface area (Å²) >= 11 is 0. The topological polar surface area (TPSA) is 99.0 Å². The van der Waals surface area contributed by atoms with Crippen LogP contribution < -0.4 is 10.2 Å². The SMILES string of the molecule is O=C1CCCN1Cc1ccccc1NC(=O)N1CCN(c2ccc([N+](=O)[O-])cc2)CC1. The van der Waals surface area contributed by atoms with Gasteiger partial charge in [0.1, 0.15) is 0 Å². The van der Waals surface area contributed by atoms with E-state index in [1.807, 2.05) is 29.2 Å². The van der Waals surface area contributed by atoms with Crippen LogP contribution in [0.25, 0.3) is 0 Å². The summed E-state index contributed by atoms with van der Waals surface area (Å²) in [7, 11) is 0. The van der Waals surface area contributed by atoms with E-state index in [-0.39, 0.29) is 17.6 Å². The molecule has 4 rings (SSSR count). The molecule has 0 aliphatic carbocycles. The van der Waals surface area contributed by atoms with Gasteiger partial charge in [0.15, 0.2) is 0 Å². The van der Waals surface area contributed by atoms with Crippen LogP contribution in [0.2, 0.25) is 0 Å². The zero-order chi connectivity index (χ0) is 21.8. The average molecular weight is 423 g/mol. The fourth-order valence-electron chi connectivity index (χ4n) is 4.00. The highest BCUT2D eigenvalue weighted by Gasteiger charge is 2.24. The van der Waals surface area contributed by atoms with Crippen molar-refractivity contribution in [3.8, 4) is 0 Å². The number of non-ortho nitro benzene ring substituents is 1. The van der Waals surface area contributed by atoms with Gasteiger partial charge in [0.05, 0.1) is 4.92 Å². The van der Waals surface area contributed by atoms with Gasteiger partial charge in [0.25, 0.3) is 5.69 Å². The minimum atomic E-state index is -0.413. The van der Waals surface area contributed by atoms with Gasteiger partial charge < -0.3 is 20.0 Å². The van der Waals surface area contributed by atoms with Gasteiger partial charge in [-0.05, 0) is 30.2 Å². The average Bonchev–Trinajstić information content (AvgIpc) is 3.19. The summed E-state index contributed by atoms with van der Waals surface area (Å²) in [4.78, 5) is 40.9. The molecule has 0 unspecified atom stereocenters. The lowest BCUT2D eigenvalue weighted by atomic mass is 10.1. The van der Waals surface area contributed by atoms with Crippen LogP contribution in [0.5, 0.6) is 0 Å². The number of para-hydroxylation sites is 1. The Balaban J connectivity index is 1.34. The predicted molar refractivity (Wildman–Crippen MR) is 117 cm³/mol. The number of rotatable bonds is 5. The number of likely N-dealkylation sites (tertiary alicyclic amines) is 1. The van der Waals surface area contributed by atoms with Gasteiger partial charge in [-0.1, -0.05) is 18.2 Å². The standard InChI is InChI=1S/C22H25N5O4/c28-21-6-3-11-26(21)16-17-4-1-2-5-20(17)23-22(29)25-14-12-24(13-15-25)18-7-9-19(10-8-18)27(30)31/h1-2,4-5,7-10H,3,6,11-16H2,(H,23,29). The van der Waals surface area contributed by atoms with Crippen molar-refractivity contribution in [1.29, 1.82) is 0 Å². The molecular weight excluding hydrogens is 398 g/mol. The maximum absolute atomic E-state index is 12.8. The van der Waals surface area contributed by atoms with Crippen molar-refractivity contribution in [1.82, 2.24) is 9.80 Å². The molecule has 2 aromatic carbocycles. The first-order valence-electron chi connectivity index (χ1n) is 10.4. The number of nitro benzene ring substituents is 1. The highest BCUT2D eigenvalue weighted by molar-refractivity contribution is 5.90. The Morgan fingerprint density at radius 3 is 2.35 bits per heavy atom. The van der Waals surface area contributed by atoms with E-state index in [0.29, 0.717) is 39.1 Å². The molecule has 2 aliphatic heterocycles. The van der Waals surface area contributed by atoms with Crippen molar-refractivity contribution in [2.24, 2.45) is 0 Å². The number of nitrogens with one attached hydrogen (secondary N) is 1. The van der Waals surface area contributed by atoms with Crippen LogP contribution in [0.15, 0.2) is 48.5 Å². The lowest BCUT2D eigenvalue weighted by molar-refractivity contribution is -0.384. The van der Waals surface area contributed by atoms with Gasteiger partial charge >= 0.3 is 6.03 Å². The number of carbonyl (C=O) groups is 2. The van der Waals surface area contributed by atoms with Crippen LogP contribution >= 0.6 is 0 Å². The second kappa shape index (κ2) is 9.03. The van der Waals surface area contributed by atoms with E-state index in [4.69, 9.17) is 0 Å². The molecule has 3 amide bonds. The second-order valence-corrected chi connectivity index (χ2v) is 7.75. The summed E-state index contributed by atoms with van der Waals surface area (Å²) in [5, 5.41) is 13.8. The zero-order valence-electron chi connectivity index (χ0n) is 17.2. The molecule has 0 saturated carbocycles. The summed E-state index contributed by atoms with van der Waals surface area (Å²) in [6, 6.07) is 13.9. The number of nitrogens with zero attached hydrogens (tertiary/aromatic N) is 4. The minimum Gasteiger partial charge on any atom is -0.368 e. The first-order valence-corrected chi connectivity index (χ1v) is 10.4. The van der Waals surface area contributed by atoms with Gasteiger partial charge in [-0.25, -0.2) is 4.79 Å². The van der Waals surface area contributed by atoms with E-state index in [0.717, 1.165) is 29.9 Å². The number of hydrogen-bond acceptors (Lipinski definition) is 5. The summed E-state index contributed by atoms with van der Waals surface area (Å²) in [5.74, 6) is 0.156. The Bertz CT molecular complexity index is 970. The van der Waals surface area contributed by atoms with Gasteiger partial charge in [0, 0.05) is 69.2 Å². The van der Waals surface area contributed by atoms with E-state index in [9.17, 15) is 19.7 Å². The third kappa shape index (κ3) is 4.76. The van der Waals surface area contributed by atoms with Crippen molar-refractivity contribution < 1.29 is 14.5 Å². The Morgan fingerprint density at radius 2 is 1.71 bits per heavy atom. The number of amides is 3. The zero-order valence-corrected chi connectivity index (χ0v) is 17.2. The molecule has 31 heavy (non-hydrogen) atoms. The Kier molecular flexibility index (Phi) is 6.01. The Hall–Kier alpha value is -3.62. The minimum absolute atomic E-state index is 0.0658. The van der Waals surface area contributed by atoms with Gasteiger partial charge in [-0.2, -0.15) is 0 Å². The lowest BCUT2D eigenvalue weighted by Gasteiger charge is -2.36. The molecular formula is C22H25N5O4. The third-order valence-corrected chi connectivity index (χ3v) is 5.78. The van der Waals surface area contributed by atoms with Crippen molar-refractivity contribution in [2.75, 3.05) is 42.9 Å².